The minimum absolute atomic E-state index is 0.00734. The molecule has 0 aromatic heterocycles. The van der Waals surface area contributed by atoms with Crippen LogP contribution in [0.1, 0.15) is 26.7 Å². The molecule has 5 heteroatoms. The van der Waals surface area contributed by atoms with Crippen LogP contribution in [0.2, 0.25) is 0 Å². The normalized spacial score (nSPS) is 26.4. The minimum Gasteiger partial charge on any atom is -0.342 e. The summed E-state index contributed by atoms with van der Waals surface area (Å²) in [5.41, 5.74) is 0.495. The second-order valence-corrected chi connectivity index (χ2v) is 7.02. The van der Waals surface area contributed by atoms with Crippen LogP contribution in [-0.2, 0) is 9.59 Å². The van der Waals surface area contributed by atoms with Gasteiger partial charge in [0.25, 0.3) is 0 Å². The number of piperidine rings is 1. The summed E-state index contributed by atoms with van der Waals surface area (Å²) in [5, 5.41) is 2.84. The molecule has 2 unspecified atom stereocenters. The smallest absolute Gasteiger partial charge is 0.228 e. The van der Waals surface area contributed by atoms with Gasteiger partial charge in [-0.05, 0) is 42.9 Å². The minimum atomic E-state index is -0.358. The summed E-state index contributed by atoms with van der Waals surface area (Å²) in [6.07, 6.45) is 1.96. The van der Waals surface area contributed by atoms with Crippen molar-refractivity contribution in [2.24, 2.45) is 23.7 Å². The van der Waals surface area contributed by atoms with E-state index in [-0.39, 0.29) is 41.3 Å². The van der Waals surface area contributed by atoms with Crippen molar-refractivity contribution in [2.75, 3.05) is 18.4 Å². The van der Waals surface area contributed by atoms with Gasteiger partial charge in [-0.1, -0.05) is 19.9 Å². The van der Waals surface area contributed by atoms with Gasteiger partial charge in [0.05, 0.1) is 0 Å². The molecule has 1 saturated carbocycles. The number of nitrogens with zero attached hydrogens (tertiary/aromatic N) is 1. The number of halogens is 1. The number of anilines is 1. The molecule has 1 N–H and O–H groups in total. The first-order valence-corrected chi connectivity index (χ1v) is 8.31. The highest BCUT2D eigenvalue weighted by Crippen LogP contribution is 2.42. The summed E-state index contributed by atoms with van der Waals surface area (Å²) in [5.74, 6) is 0.116. The van der Waals surface area contributed by atoms with Crippen LogP contribution in [0.4, 0.5) is 10.1 Å². The summed E-state index contributed by atoms with van der Waals surface area (Å²) in [7, 11) is 0. The van der Waals surface area contributed by atoms with Gasteiger partial charge in [-0.15, -0.1) is 0 Å². The number of rotatable bonds is 3. The second-order valence-electron chi connectivity index (χ2n) is 7.02. The Kier molecular flexibility index (Phi) is 4.37. The van der Waals surface area contributed by atoms with E-state index in [1.807, 2.05) is 18.7 Å². The van der Waals surface area contributed by atoms with Crippen molar-refractivity contribution >= 4 is 17.5 Å². The zero-order valence-electron chi connectivity index (χ0n) is 13.6. The molecule has 124 valence electrons. The predicted molar refractivity (Wildman–Crippen MR) is 86.2 cm³/mol. The van der Waals surface area contributed by atoms with E-state index in [0.29, 0.717) is 18.8 Å². The second kappa shape index (κ2) is 6.30. The van der Waals surface area contributed by atoms with Crippen LogP contribution < -0.4 is 5.32 Å². The molecule has 2 aliphatic rings. The Hall–Kier alpha value is -1.91. The Morgan fingerprint density at radius 3 is 2.43 bits per heavy atom. The van der Waals surface area contributed by atoms with Crippen LogP contribution in [-0.4, -0.2) is 29.8 Å². The topological polar surface area (TPSA) is 49.4 Å². The van der Waals surface area contributed by atoms with Crippen molar-refractivity contribution in [3.8, 4) is 0 Å². The number of hydrogen-bond acceptors (Lipinski definition) is 2. The third-order valence-electron chi connectivity index (χ3n) is 5.03. The standard InChI is InChI=1S/C18H23FN2O2/c1-11(2)18(23)21-9-12-6-7-13(10-21)16(12)17(22)20-15-5-3-4-14(19)8-15/h3-5,8,11-13,16H,6-7,9-10H2,1-2H3,(H,20,22). The summed E-state index contributed by atoms with van der Waals surface area (Å²) >= 11 is 0. The molecular formula is C18H23FN2O2. The molecule has 23 heavy (non-hydrogen) atoms. The van der Waals surface area contributed by atoms with Gasteiger partial charge in [-0.3, -0.25) is 9.59 Å². The SMILES string of the molecule is CC(C)C(=O)N1CC2CCC(C1)C2C(=O)Nc1cccc(F)c1. The molecule has 2 atom stereocenters. The van der Waals surface area contributed by atoms with Crippen LogP contribution in [0.3, 0.4) is 0 Å². The number of likely N-dealkylation sites (tertiary alicyclic amines) is 1. The number of nitrogens with one attached hydrogen (secondary N) is 1. The fourth-order valence-corrected chi connectivity index (χ4v) is 3.99. The summed E-state index contributed by atoms with van der Waals surface area (Å²) in [6, 6.07) is 5.97. The van der Waals surface area contributed by atoms with Crippen molar-refractivity contribution in [1.29, 1.82) is 0 Å². The van der Waals surface area contributed by atoms with E-state index in [1.54, 1.807) is 12.1 Å². The first-order valence-electron chi connectivity index (χ1n) is 8.31. The maximum atomic E-state index is 13.2. The van der Waals surface area contributed by atoms with Gasteiger partial charge >= 0.3 is 0 Å². The molecule has 1 saturated heterocycles. The Balaban J connectivity index is 1.68. The molecule has 1 aromatic carbocycles. The quantitative estimate of drug-likeness (QED) is 0.931. The third-order valence-corrected chi connectivity index (χ3v) is 5.03. The zero-order chi connectivity index (χ0) is 16.6. The van der Waals surface area contributed by atoms with Gasteiger partial charge in [0.15, 0.2) is 0 Å². The van der Waals surface area contributed by atoms with Crippen molar-refractivity contribution in [1.82, 2.24) is 4.90 Å². The fourth-order valence-electron chi connectivity index (χ4n) is 3.99. The predicted octanol–water partition coefficient (Wildman–Crippen LogP) is 2.90. The van der Waals surface area contributed by atoms with Crippen molar-refractivity contribution in [2.45, 2.75) is 26.7 Å². The van der Waals surface area contributed by atoms with Crippen molar-refractivity contribution in [3.05, 3.63) is 30.1 Å². The molecule has 2 fully saturated rings. The molecule has 2 amide bonds. The lowest BCUT2D eigenvalue weighted by atomic mass is 9.84. The number of hydrogen-bond donors (Lipinski definition) is 1. The summed E-state index contributed by atoms with van der Waals surface area (Å²) in [6.45, 7) is 5.14. The van der Waals surface area contributed by atoms with Crippen LogP contribution in [0.15, 0.2) is 24.3 Å². The van der Waals surface area contributed by atoms with E-state index in [9.17, 15) is 14.0 Å². The van der Waals surface area contributed by atoms with Gasteiger partial charge in [0, 0.05) is 30.6 Å². The molecule has 0 spiro atoms. The maximum absolute atomic E-state index is 13.2. The fraction of sp³-hybridized carbons (Fsp3) is 0.556. The van der Waals surface area contributed by atoms with E-state index < -0.39 is 0 Å². The van der Waals surface area contributed by atoms with Gasteiger partial charge in [0.2, 0.25) is 11.8 Å². The van der Waals surface area contributed by atoms with Crippen LogP contribution in [0.25, 0.3) is 0 Å². The average Bonchev–Trinajstić information content (AvgIpc) is 2.77. The number of benzene rings is 1. The molecule has 1 aromatic rings. The van der Waals surface area contributed by atoms with E-state index >= 15 is 0 Å². The Bertz CT molecular complexity index is 603. The van der Waals surface area contributed by atoms with E-state index in [0.717, 1.165) is 12.8 Å². The number of amides is 2. The number of carbonyl (C=O) groups is 2. The van der Waals surface area contributed by atoms with E-state index in [4.69, 9.17) is 0 Å². The maximum Gasteiger partial charge on any atom is 0.228 e. The van der Waals surface area contributed by atoms with Gasteiger partial charge in [0.1, 0.15) is 5.82 Å². The van der Waals surface area contributed by atoms with Gasteiger partial charge in [-0.2, -0.15) is 0 Å². The van der Waals surface area contributed by atoms with Crippen LogP contribution in [0.5, 0.6) is 0 Å². The molecule has 1 aliphatic carbocycles. The first kappa shape index (κ1) is 16.0. The molecule has 1 heterocycles. The Morgan fingerprint density at radius 2 is 1.87 bits per heavy atom. The molecule has 3 rings (SSSR count). The lowest BCUT2D eigenvalue weighted by Crippen LogP contribution is -2.49. The third kappa shape index (κ3) is 3.23. The highest BCUT2D eigenvalue weighted by Gasteiger charge is 2.46. The van der Waals surface area contributed by atoms with Crippen LogP contribution in [0, 0.1) is 29.5 Å². The van der Waals surface area contributed by atoms with E-state index in [2.05, 4.69) is 5.32 Å². The Labute approximate surface area is 136 Å². The highest BCUT2D eigenvalue weighted by atomic mass is 19.1. The number of carbonyl (C=O) groups excluding carboxylic acids is 2. The van der Waals surface area contributed by atoms with Gasteiger partial charge in [-0.25, -0.2) is 4.39 Å². The lowest BCUT2D eigenvalue weighted by Gasteiger charge is -2.38. The lowest BCUT2D eigenvalue weighted by molar-refractivity contribution is -0.140. The summed E-state index contributed by atoms with van der Waals surface area (Å²) in [4.78, 5) is 26.7. The van der Waals surface area contributed by atoms with E-state index in [1.165, 1.54) is 12.1 Å². The Morgan fingerprint density at radius 1 is 1.22 bits per heavy atom. The molecule has 4 nitrogen and oxygen atoms in total. The molecule has 2 bridgehead atoms. The largest absolute Gasteiger partial charge is 0.342 e. The monoisotopic (exact) mass is 318 g/mol. The highest BCUT2D eigenvalue weighted by molar-refractivity contribution is 5.93. The van der Waals surface area contributed by atoms with Crippen molar-refractivity contribution < 1.29 is 14.0 Å². The average molecular weight is 318 g/mol. The molecular weight excluding hydrogens is 295 g/mol. The number of fused-ring (bicyclic) bond motifs is 2. The molecule has 0 radical (unpaired) electrons. The zero-order valence-corrected chi connectivity index (χ0v) is 13.6. The van der Waals surface area contributed by atoms with Gasteiger partial charge < -0.3 is 10.2 Å². The first-order chi connectivity index (χ1) is 11.0. The molecule has 1 aliphatic heterocycles. The van der Waals surface area contributed by atoms with Crippen LogP contribution >= 0.6 is 0 Å². The van der Waals surface area contributed by atoms with Crippen molar-refractivity contribution in [3.63, 3.8) is 0 Å². The summed E-state index contributed by atoms with van der Waals surface area (Å²) < 4.78 is 13.2.